The van der Waals surface area contributed by atoms with Crippen molar-refractivity contribution in [2.75, 3.05) is 6.61 Å². The van der Waals surface area contributed by atoms with Gasteiger partial charge in [-0.25, -0.2) is 4.39 Å². The zero-order valence-corrected chi connectivity index (χ0v) is 12.1. The van der Waals surface area contributed by atoms with E-state index in [1.807, 2.05) is 0 Å². The van der Waals surface area contributed by atoms with Crippen LogP contribution in [-0.2, 0) is 4.79 Å². The molecule has 0 saturated carbocycles. The second-order valence-electron chi connectivity index (χ2n) is 4.22. The van der Waals surface area contributed by atoms with E-state index in [-0.39, 0.29) is 12.2 Å². The van der Waals surface area contributed by atoms with Crippen molar-refractivity contribution >= 4 is 23.4 Å². The van der Waals surface area contributed by atoms with Gasteiger partial charge >= 0.3 is 0 Å². The number of ether oxygens (including phenoxy) is 1. The Morgan fingerprint density at radius 1 is 1.05 bits per heavy atom. The highest BCUT2D eigenvalue weighted by Crippen LogP contribution is 2.15. The summed E-state index contributed by atoms with van der Waals surface area (Å²) in [6.45, 7) is -0.306. The summed E-state index contributed by atoms with van der Waals surface area (Å²) in [7, 11) is 0. The molecule has 2 aromatic rings. The summed E-state index contributed by atoms with van der Waals surface area (Å²) < 4.78 is 18.5. The number of carbonyl (C=O) groups is 2. The topological polar surface area (TPSA) is 67.4 Å². The van der Waals surface area contributed by atoms with Gasteiger partial charge in [0.1, 0.15) is 11.6 Å². The van der Waals surface area contributed by atoms with E-state index in [1.165, 1.54) is 18.2 Å². The van der Waals surface area contributed by atoms with E-state index in [4.69, 9.17) is 16.3 Å². The van der Waals surface area contributed by atoms with Crippen molar-refractivity contribution in [1.82, 2.24) is 10.9 Å². The first kappa shape index (κ1) is 15.8. The molecule has 114 valence electrons. The molecule has 7 heteroatoms. The van der Waals surface area contributed by atoms with Gasteiger partial charge in [0.15, 0.2) is 6.61 Å². The number of nitrogens with one attached hydrogen (secondary N) is 2. The van der Waals surface area contributed by atoms with Crippen LogP contribution in [0, 0.1) is 5.82 Å². The van der Waals surface area contributed by atoms with E-state index in [0.717, 1.165) is 6.07 Å². The lowest BCUT2D eigenvalue weighted by atomic mass is 10.2. The number of hydrazine groups is 1. The van der Waals surface area contributed by atoms with Crippen LogP contribution >= 0.6 is 11.6 Å². The predicted octanol–water partition coefficient (Wildman–Crippen LogP) is 2.32. The standard InChI is InChI=1S/C15H12ClFN2O3/c16-10-5-7-11(8-6-10)22-9-14(20)18-19-15(21)12-3-1-2-4-13(12)17/h1-8H,9H2,(H,18,20)(H,19,21). The maximum Gasteiger partial charge on any atom is 0.276 e. The van der Waals surface area contributed by atoms with Crippen molar-refractivity contribution in [3.8, 4) is 5.75 Å². The Bertz CT molecular complexity index is 677. The maximum absolute atomic E-state index is 13.4. The fraction of sp³-hybridized carbons (Fsp3) is 0.0667. The summed E-state index contributed by atoms with van der Waals surface area (Å²) >= 11 is 5.72. The lowest BCUT2D eigenvalue weighted by Crippen LogP contribution is -2.44. The van der Waals surface area contributed by atoms with Gasteiger partial charge in [-0.05, 0) is 36.4 Å². The number of hydrogen-bond acceptors (Lipinski definition) is 3. The van der Waals surface area contributed by atoms with E-state index in [2.05, 4.69) is 10.9 Å². The predicted molar refractivity (Wildman–Crippen MR) is 79.0 cm³/mol. The minimum Gasteiger partial charge on any atom is -0.484 e. The van der Waals surface area contributed by atoms with Gasteiger partial charge in [0.25, 0.3) is 11.8 Å². The van der Waals surface area contributed by atoms with E-state index in [0.29, 0.717) is 10.8 Å². The molecule has 0 aliphatic rings. The third-order valence-corrected chi connectivity index (χ3v) is 2.87. The highest BCUT2D eigenvalue weighted by molar-refractivity contribution is 6.30. The van der Waals surface area contributed by atoms with E-state index >= 15 is 0 Å². The maximum atomic E-state index is 13.4. The number of carbonyl (C=O) groups excluding carboxylic acids is 2. The van der Waals surface area contributed by atoms with Gasteiger partial charge in [0.05, 0.1) is 5.56 Å². The molecule has 0 aliphatic heterocycles. The zero-order valence-electron chi connectivity index (χ0n) is 11.3. The van der Waals surface area contributed by atoms with Crippen LogP contribution in [0.3, 0.4) is 0 Å². The number of amides is 2. The average Bonchev–Trinajstić information content (AvgIpc) is 2.52. The van der Waals surface area contributed by atoms with E-state index < -0.39 is 17.6 Å². The molecule has 0 radical (unpaired) electrons. The summed E-state index contributed by atoms with van der Waals surface area (Å²) in [4.78, 5) is 23.2. The summed E-state index contributed by atoms with van der Waals surface area (Å²) in [5.74, 6) is -1.55. The van der Waals surface area contributed by atoms with Crippen molar-refractivity contribution in [3.63, 3.8) is 0 Å². The van der Waals surface area contributed by atoms with Gasteiger partial charge in [-0.1, -0.05) is 23.7 Å². The second-order valence-corrected chi connectivity index (χ2v) is 4.66. The molecule has 0 bridgehead atoms. The van der Waals surface area contributed by atoms with E-state index in [9.17, 15) is 14.0 Å². The molecule has 5 nitrogen and oxygen atoms in total. The SMILES string of the molecule is O=C(COc1ccc(Cl)cc1)NNC(=O)c1ccccc1F. The molecule has 22 heavy (non-hydrogen) atoms. The van der Waals surface area contributed by atoms with E-state index in [1.54, 1.807) is 24.3 Å². The van der Waals surface area contributed by atoms with Gasteiger partial charge < -0.3 is 4.74 Å². The molecule has 2 rings (SSSR count). The summed E-state index contributed by atoms with van der Waals surface area (Å²) in [5, 5.41) is 0.550. The van der Waals surface area contributed by atoms with Crippen LogP contribution in [-0.4, -0.2) is 18.4 Å². The molecule has 0 aliphatic carbocycles. The summed E-state index contributed by atoms with van der Waals surface area (Å²) in [6.07, 6.45) is 0. The second kappa shape index (κ2) is 7.42. The highest BCUT2D eigenvalue weighted by atomic mass is 35.5. The summed E-state index contributed by atoms with van der Waals surface area (Å²) in [6, 6.07) is 11.9. The lowest BCUT2D eigenvalue weighted by molar-refractivity contribution is -0.123. The van der Waals surface area contributed by atoms with Crippen LogP contribution in [0.4, 0.5) is 4.39 Å². The fourth-order valence-electron chi connectivity index (χ4n) is 1.55. The first-order valence-corrected chi connectivity index (χ1v) is 6.66. The van der Waals surface area contributed by atoms with Gasteiger partial charge in [0, 0.05) is 5.02 Å². The van der Waals surface area contributed by atoms with Crippen LogP contribution in [0.2, 0.25) is 5.02 Å². The minimum absolute atomic E-state index is 0.165. The highest BCUT2D eigenvalue weighted by Gasteiger charge is 2.11. The third-order valence-electron chi connectivity index (χ3n) is 2.62. The Hall–Kier alpha value is -2.60. The van der Waals surface area contributed by atoms with Crippen LogP contribution < -0.4 is 15.6 Å². The first-order chi connectivity index (χ1) is 10.6. The van der Waals surface area contributed by atoms with Crippen molar-refractivity contribution in [2.24, 2.45) is 0 Å². The summed E-state index contributed by atoms with van der Waals surface area (Å²) in [5.41, 5.74) is 4.07. The molecule has 0 spiro atoms. The number of hydrogen-bond donors (Lipinski definition) is 2. The normalized spacial score (nSPS) is 9.91. The van der Waals surface area contributed by atoms with Gasteiger partial charge in [-0.2, -0.15) is 0 Å². The molecule has 0 fully saturated rings. The smallest absolute Gasteiger partial charge is 0.276 e. The fourth-order valence-corrected chi connectivity index (χ4v) is 1.68. The van der Waals surface area contributed by atoms with Gasteiger partial charge in [0.2, 0.25) is 0 Å². The monoisotopic (exact) mass is 322 g/mol. The van der Waals surface area contributed by atoms with Crippen LogP contribution in [0.15, 0.2) is 48.5 Å². The van der Waals surface area contributed by atoms with Crippen LogP contribution in [0.1, 0.15) is 10.4 Å². The Morgan fingerprint density at radius 3 is 2.41 bits per heavy atom. The molecule has 2 amide bonds. The molecule has 2 N–H and O–H groups in total. The average molecular weight is 323 g/mol. The van der Waals surface area contributed by atoms with Crippen molar-refractivity contribution in [3.05, 3.63) is 64.9 Å². The molecule has 0 atom stereocenters. The molecule has 0 aromatic heterocycles. The Balaban J connectivity index is 1.79. The van der Waals surface area contributed by atoms with Crippen LogP contribution in [0.5, 0.6) is 5.75 Å². The first-order valence-electron chi connectivity index (χ1n) is 6.28. The minimum atomic E-state index is -0.752. The van der Waals surface area contributed by atoms with Crippen molar-refractivity contribution < 1.29 is 18.7 Å². The Morgan fingerprint density at radius 2 is 1.73 bits per heavy atom. The largest absolute Gasteiger partial charge is 0.484 e. The zero-order chi connectivity index (χ0) is 15.9. The van der Waals surface area contributed by atoms with Crippen LogP contribution in [0.25, 0.3) is 0 Å². The Kier molecular flexibility index (Phi) is 5.32. The molecule has 2 aromatic carbocycles. The van der Waals surface area contributed by atoms with Crippen molar-refractivity contribution in [2.45, 2.75) is 0 Å². The molecular formula is C15H12ClFN2O3. The Labute approximate surface area is 131 Å². The number of rotatable bonds is 4. The molecule has 0 unspecified atom stereocenters. The number of benzene rings is 2. The lowest BCUT2D eigenvalue weighted by Gasteiger charge is -2.09. The molecule has 0 saturated heterocycles. The quantitative estimate of drug-likeness (QED) is 0.849. The van der Waals surface area contributed by atoms with Crippen molar-refractivity contribution in [1.29, 1.82) is 0 Å². The van der Waals surface area contributed by atoms with Gasteiger partial charge in [-0.15, -0.1) is 0 Å². The molecular weight excluding hydrogens is 311 g/mol. The third kappa shape index (κ3) is 4.46. The number of halogens is 2. The molecule has 0 heterocycles. The van der Waals surface area contributed by atoms with Gasteiger partial charge in [-0.3, -0.25) is 20.4 Å².